The van der Waals surface area contributed by atoms with Gasteiger partial charge in [0.15, 0.2) is 17.1 Å². The second kappa shape index (κ2) is 10.8. The zero-order valence-electron chi connectivity index (χ0n) is 19.3. The van der Waals surface area contributed by atoms with Crippen molar-refractivity contribution in [2.24, 2.45) is 0 Å². The van der Waals surface area contributed by atoms with Crippen LogP contribution in [0.3, 0.4) is 0 Å². The fourth-order valence-corrected chi connectivity index (χ4v) is 4.12. The van der Waals surface area contributed by atoms with Crippen LogP contribution in [-0.4, -0.2) is 26.4 Å². The van der Waals surface area contributed by atoms with E-state index in [9.17, 15) is 13.6 Å². The van der Waals surface area contributed by atoms with Crippen molar-refractivity contribution < 1.29 is 18.3 Å². The first kappa shape index (κ1) is 24.7. The van der Waals surface area contributed by atoms with Gasteiger partial charge in [0.1, 0.15) is 17.4 Å². The molecule has 0 aliphatic heterocycles. The molecule has 3 rings (SSSR count). The van der Waals surface area contributed by atoms with E-state index in [1.807, 2.05) is 49.6 Å². The summed E-state index contributed by atoms with van der Waals surface area (Å²) in [6.07, 6.45) is -0.360. The van der Waals surface area contributed by atoms with Crippen LogP contribution in [0.4, 0.5) is 14.5 Å². The summed E-state index contributed by atoms with van der Waals surface area (Å²) in [6, 6.07) is 11.0. The highest BCUT2D eigenvalue weighted by Crippen LogP contribution is 2.28. The summed E-state index contributed by atoms with van der Waals surface area (Å²) in [4.78, 5) is 12.3. The summed E-state index contributed by atoms with van der Waals surface area (Å²) >= 11 is 1.19. The van der Waals surface area contributed by atoms with E-state index >= 15 is 0 Å². The Morgan fingerprint density at radius 1 is 1.06 bits per heavy atom. The third-order valence-electron chi connectivity index (χ3n) is 4.97. The van der Waals surface area contributed by atoms with Gasteiger partial charge in [0.05, 0.1) is 11.4 Å². The number of aromatic nitrogens is 3. The number of hydrogen-bond donors (Lipinski definition) is 1. The Hall–Kier alpha value is -2.94. The Kier molecular flexibility index (Phi) is 8.07. The predicted octanol–water partition coefficient (Wildman–Crippen LogP) is 6.13. The lowest BCUT2D eigenvalue weighted by molar-refractivity contribution is -0.113. The van der Waals surface area contributed by atoms with Crippen LogP contribution in [0.15, 0.2) is 47.6 Å². The van der Waals surface area contributed by atoms with Crippen molar-refractivity contribution in [3.63, 3.8) is 0 Å². The van der Waals surface area contributed by atoms with E-state index in [1.165, 1.54) is 23.4 Å². The summed E-state index contributed by atoms with van der Waals surface area (Å²) in [7, 11) is 0. The first-order valence-corrected chi connectivity index (χ1v) is 11.7. The molecule has 1 amide bonds. The minimum Gasteiger partial charge on any atom is -0.483 e. The molecule has 1 atom stereocenters. The number of rotatable bonds is 9. The van der Waals surface area contributed by atoms with Gasteiger partial charge in [-0.05, 0) is 56.5 Å². The van der Waals surface area contributed by atoms with Gasteiger partial charge in [-0.15, -0.1) is 10.2 Å². The van der Waals surface area contributed by atoms with Crippen LogP contribution < -0.4 is 10.1 Å². The lowest BCUT2D eigenvalue weighted by Crippen LogP contribution is -2.17. The Morgan fingerprint density at radius 2 is 1.76 bits per heavy atom. The van der Waals surface area contributed by atoms with E-state index in [0.717, 1.165) is 17.9 Å². The number of hydrogen-bond acceptors (Lipinski definition) is 5. The third-order valence-corrected chi connectivity index (χ3v) is 5.91. The number of anilines is 1. The van der Waals surface area contributed by atoms with Crippen LogP contribution in [0.25, 0.3) is 0 Å². The Bertz CT molecular complexity index is 1100. The average molecular weight is 475 g/mol. The number of carbonyl (C=O) groups excluding carboxylic acids is 1. The van der Waals surface area contributed by atoms with Gasteiger partial charge in [0.2, 0.25) is 5.91 Å². The van der Waals surface area contributed by atoms with Gasteiger partial charge in [-0.25, -0.2) is 8.78 Å². The van der Waals surface area contributed by atoms with Crippen molar-refractivity contribution in [3.8, 4) is 5.75 Å². The maximum absolute atomic E-state index is 13.8. The molecule has 6 nitrogen and oxygen atoms in total. The van der Waals surface area contributed by atoms with Gasteiger partial charge in [0.25, 0.3) is 0 Å². The van der Waals surface area contributed by atoms with E-state index in [-0.39, 0.29) is 23.6 Å². The SMILES string of the molecule is CC(C)c1ccc(OC(C)c2nnc(SCC(=O)Nc3ccc(F)cc3F)n2C(C)C)cc1. The van der Waals surface area contributed by atoms with Gasteiger partial charge < -0.3 is 14.6 Å². The van der Waals surface area contributed by atoms with Crippen LogP contribution in [-0.2, 0) is 4.79 Å². The Morgan fingerprint density at radius 3 is 2.36 bits per heavy atom. The fraction of sp³-hybridized carbons (Fsp3) is 0.375. The van der Waals surface area contributed by atoms with Gasteiger partial charge >= 0.3 is 0 Å². The van der Waals surface area contributed by atoms with Gasteiger partial charge in [-0.1, -0.05) is 37.7 Å². The molecule has 1 aromatic heterocycles. The van der Waals surface area contributed by atoms with E-state index in [1.54, 1.807) is 0 Å². The van der Waals surface area contributed by atoms with Gasteiger partial charge in [-0.3, -0.25) is 4.79 Å². The quantitative estimate of drug-likeness (QED) is 0.378. The number of thioether (sulfide) groups is 1. The minimum absolute atomic E-state index is 0.00638. The van der Waals surface area contributed by atoms with E-state index in [0.29, 0.717) is 16.9 Å². The molecule has 1 N–H and O–H groups in total. The molecule has 0 fully saturated rings. The van der Waals surface area contributed by atoms with E-state index < -0.39 is 17.5 Å². The first-order chi connectivity index (χ1) is 15.7. The zero-order valence-corrected chi connectivity index (χ0v) is 20.1. The molecule has 9 heteroatoms. The van der Waals surface area contributed by atoms with Crippen molar-refractivity contribution >= 4 is 23.4 Å². The van der Waals surface area contributed by atoms with E-state index in [2.05, 4.69) is 29.4 Å². The number of halogens is 2. The number of amides is 1. The number of benzene rings is 2. The maximum atomic E-state index is 13.8. The molecule has 1 unspecified atom stereocenters. The lowest BCUT2D eigenvalue weighted by atomic mass is 10.0. The van der Waals surface area contributed by atoms with Crippen molar-refractivity contribution in [1.29, 1.82) is 0 Å². The van der Waals surface area contributed by atoms with Crippen molar-refractivity contribution in [1.82, 2.24) is 14.8 Å². The standard InChI is InChI=1S/C24H28F2N4O2S/c1-14(2)17-6-9-19(10-7-17)32-16(5)23-28-29-24(30(23)15(3)4)33-13-22(31)27-21-11-8-18(25)12-20(21)26/h6-12,14-16H,13H2,1-5H3,(H,27,31). The summed E-state index contributed by atoms with van der Waals surface area (Å²) in [6.45, 7) is 10.2. The van der Waals surface area contributed by atoms with Crippen LogP contribution >= 0.6 is 11.8 Å². The van der Waals surface area contributed by atoms with Crippen molar-refractivity contribution in [2.45, 2.75) is 57.8 Å². The molecule has 33 heavy (non-hydrogen) atoms. The molecule has 0 spiro atoms. The molecule has 0 bridgehead atoms. The number of carbonyl (C=O) groups is 1. The van der Waals surface area contributed by atoms with E-state index in [4.69, 9.17) is 4.74 Å². The molecule has 3 aromatic rings. The molecule has 0 saturated heterocycles. The van der Waals surface area contributed by atoms with Crippen LogP contribution in [0, 0.1) is 11.6 Å². The average Bonchev–Trinajstić information content (AvgIpc) is 3.19. The number of nitrogens with one attached hydrogen (secondary N) is 1. The van der Waals surface area contributed by atoms with Gasteiger partial charge in [0, 0.05) is 12.1 Å². The molecule has 0 radical (unpaired) electrons. The Labute approximate surface area is 196 Å². The molecule has 0 aliphatic carbocycles. The highest BCUT2D eigenvalue weighted by Gasteiger charge is 2.22. The molecule has 2 aromatic carbocycles. The highest BCUT2D eigenvalue weighted by molar-refractivity contribution is 7.99. The second-order valence-electron chi connectivity index (χ2n) is 8.25. The summed E-state index contributed by atoms with van der Waals surface area (Å²) in [5.41, 5.74) is 1.16. The van der Waals surface area contributed by atoms with Crippen LogP contribution in [0.1, 0.15) is 64.1 Å². The molecule has 0 saturated carbocycles. The monoisotopic (exact) mass is 474 g/mol. The summed E-state index contributed by atoms with van der Waals surface area (Å²) < 4.78 is 34.8. The smallest absolute Gasteiger partial charge is 0.234 e. The highest BCUT2D eigenvalue weighted by atomic mass is 32.2. The molecule has 0 aliphatic rings. The lowest BCUT2D eigenvalue weighted by Gasteiger charge is -2.19. The molecular formula is C24H28F2N4O2S. The maximum Gasteiger partial charge on any atom is 0.234 e. The number of ether oxygens (including phenoxy) is 1. The second-order valence-corrected chi connectivity index (χ2v) is 9.19. The molecular weight excluding hydrogens is 446 g/mol. The van der Waals surface area contributed by atoms with Crippen molar-refractivity contribution in [3.05, 3.63) is 65.5 Å². The summed E-state index contributed by atoms with van der Waals surface area (Å²) in [5, 5.41) is 11.5. The van der Waals surface area contributed by atoms with Gasteiger partial charge in [-0.2, -0.15) is 0 Å². The third kappa shape index (κ3) is 6.31. The van der Waals surface area contributed by atoms with Crippen LogP contribution in [0.2, 0.25) is 0 Å². The largest absolute Gasteiger partial charge is 0.483 e. The predicted molar refractivity (Wildman–Crippen MR) is 126 cm³/mol. The topological polar surface area (TPSA) is 69.0 Å². The number of nitrogens with zero attached hydrogens (tertiary/aromatic N) is 3. The van der Waals surface area contributed by atoms with Crippen LogP contribution in [0.5, 0.6) is 5.75 Å². The summed E-state index contributed by atoms with van der Waals surface area (Å²) in [5.74, 6) is -0.145. The Balaban J connectivity index is 1.67. The van der Waals surface area contributed by atoms with Crippen molar-refractivity contribution in [2.75, 3.05) is 11.1 Å². The normalized spacial score (nSPS) is 12.3. The first-order valence-electron chi connectivity index (χ1n) is 10.7. The minimum atomic E-state index is -0.826. The zero-order chi connectivity index (χ0) is 24.1. The molecule has 176 valence electrons. The molecule has 1 heterocycles. The fourth-order valence-electron chi connectivity index (χ4n) is 3.24.